The Morgan fingerprint density at radius 1 is 1.00 bits per heavy atom. The predicted octanol–water partition coefficient (Wildman–Crippen LogP) is 2.46. The minimum atomic E-state index is -0.653. The quantitative estimate of drug-likeness (QED) is 0.391. The number of benzene rings is 1. The first-order valence-corrected chi connectivity index (χ1v) is 8.77. The fraction of sp³-hybridized carbons (Fsp3) is 0.100. The van der Waals surface area contributed by atoms with E-state index in [1.807, 2.05) is 0 Å². The van der Waals surface area contributed by atoms with Crippen LogP contribution in [0.3, 0.4) is 0 Å². The largest absolute Gasteiger partial charge is 0.337 e. The van der Waals surface area contributed by atoms with E-state index in [1.165, 1.54) is 29.0 Å². The van der Waals surface area contributed by atoms with Crippen molar-refractivity contribution < 1.29 is 4.92 Å². The van der Waals surface area contributed by atoms with Crippen LogP contribution in [-0.2, 0) is 0 Å². The summed E-state index contributed by atoms with van der Waals surface area (Å²) in [7, 11) is 0. The van der Waals surface area contributed by atoms with Crippen molar-refractivity contribution in [2.45, 2.75) is 13.0 Å². The number of aromatic nitrogens is 4. The van der Waals surface area contributed by atoms with Crippen LogP contribution in [-0.4, -0.2) is 24.0 Å². The van der Waals surface area contributed by atoms with Crippen molar-refractivity contribution in [3.05, 3.63) is 104 Å². The van der Waals surface area contributed by atoms with Crippen LogP contribution < -0.4 is 11.2 Å². The second kappa shape index (κ2) is 7.12. The number of fused-ring (bicyclic) bond motifs is 1. The number of hydrogen-bond donors (Lipinski definition) is 0. The van der Waals surface area contributed by atoms with Gasteiger partial charge in [-0.25, -0.2) is 14.3 Å². The van der Waals surface area contributed by atoms with Gasteiger partial charge in [-0.05, 0) is 37.3 Å². The summed E-state index contributed by atoms with van der Waals surface area (Å²) in [6, 6.07) is 13.4. The summed E-state index contributed by atoms with van der Waals surface area (Å²) in [5.74, 6) is 0. The normalized spacial score (nSPS) is 12.0. The molecule has 29 heavy (non-hydrogen) atoms. The molecule has 0 aliphatic rings. The first-order valence-electron chi connectivity index (χ1n) is 8.77. The van der Waals surface area contributed by atoms with Gasteiger partial charge in [0.2, 0.25) is 0 Å². The highest BCUT2D eigenvalue weighted by atomic mass is 16.6. The molecule has 0 aliphatic carbocycles. The molecule has 0 amide bonds. The van der Waals surface area contributed by atoms with E-state index in [-0.39, 0.29) is 22.4 Å². The van der Waals surface area contributed by atoms with Crippen LogP contribution >= 0.6 is 0 Å². The minimum absolute atomic E-state index is 0.132. The fourth-order valence-corrected chi connectivity index (χ4v) is 3.23. The SMILES string of the molecule is CC(c1ccccn1)n1c(=O)c2cccnc2n(-c2cccc([N+](=O)[O-])c2)c1=O. The third-order valence-electron chi connectivity index (χ3n) is 4.65. The molecule has 0 spiro atoms. The van der Waals surface area contributed by atoms with Gasteiger partial charge in [0.1, 0.15) is 0 Å². The molecule has 0 saturated carbocycles. The molecule has 0 fully saturated rings. The zero-order chi connectivity index (χ0) is 20.5. The van der Waals surface area contributed by atoms with E-state index < -0.39 is 22.2 Å². The van der Waals surface area contributed by atoms with Gasteiger partial charge in [-0.1, -0.05) is 12.1 Å². The summed E-state index contributed by atoms with van der Waals surface area (Å²) < 4.78 is 2.30. The van der Waals surface area contributed by atoms with Gasteiger partial charge in [0.25, 0.3) is 11.2 Å². The van der Waals surface area contributed by atoms with Gasteiger partial charge < -0.3 is 0 Å². The molecule has 0 aliphatic heterocycles. The Morgan fingerprint density at radius 3 is 2.52 bits per heavy atom. The second-order valence-corrected chi connectivity index (χ2v) is 6.38. The number of nitrogens with zero attached hydrogens (tertiary/aromatic N) is 5. The molecular weight excluding hydrogens is 374 g/mol. The summed E-state index contributed by atoms with van der Waals surface area (Å²) in [5, 5.41) is 11.4. The average Bonchev–Trinajstić information content (AvgIpc) is 2.74. The molecule has 9 nitrogen and oxygen atoms in total. The summed E-state index contributed by atoms with van der Waals surface area (Å²) >= 11 is 0. The smallest absolute Gasteiger partial charge is 0.268 e. The van der Waals surface area contributed by atoms with Crippen LogP contribution in [0.25, 0.3) is 16.7 Å². The first-order chi connectivity index (χ1) is 14.0. The number of rotatable bonds is 4. The molecule has 0 radical (unpaired) electrons. The summed E-state index contributed by atoms with van der Waals surface area (Å²) in [5.41, 5.74) is -0.408. The van der Waals surface area contributed by atoms with Crippen molar-refractivity contribution in [1.82, 2.24) is 19.1 Å². The molecule has 1 atom stereocenters. The van der Waals surface area contributed by atoms with Crippen LogP contribution in [0, 0.1) is 10.1 Å². The van der Waals surface area contributed by atoms with Gasteiger partial charge in [-0.3, -0.25) is 24.5 Å². The molecular formula is C20H15N5O4. The van der Waals surface area contributed by atoms with Crippen molar-refractivity contribution >= 4 is 16.7 Å². The van der Waals surface area contributed by atoms with Crippen molar-refractivity contribution in [1.29, 1.82) is 0 Å². The van der Waals surface area contributed by atoms with Gasteiger partial charge in [0.15, 0.2) is 5.65 Å². The second-order valence-electron chi connectivity index (χ2n) is 6.38. The molecule has 3 heterocycles. The van der Waals surface area contributed by atoms with Gasteiger partial charge in [-0.2, -0.15) is 0 Å². The average molecular weight is 389 g/mol. The number of hydrogen-bond acceptors (Lipinski definition) is 6. The van der Waals surface area contributed by atoms with Gasteiger partial charge in [0, 0.05) is 24.5 Å². The Hall–Kier alpha value is -4.14. The summed E-state index contributed by atoms with van der Waals surface area (Å²) in [4.78, 5) is 45.6. The Bertz CT molecular complexity index is 1340. The molecule has 144 valence electrons. The third-order valence-corrected chi connectivity index (χ3v) is 4.65. The van der Waals surface area contributed by atoms with Crippen LogP contribution in [0.5, 0.6) is 0 Å². The monoisotopic (exact) mass is 389 g/mol. The predicted molar refractivity (Wildman–Crippen MR) is 106 cm³/mol. The van der Waals surface area contributed by atoms with Crippen LogP contribution in [0.1, 0.15) is 18.7 Å². The van der Waals surface area contributed by atoms with E-state index in [2.05, 4.69) is 9.97 Å². The molecule has 0 bridgehead atoms. The lowest BCUT2D eigenvalue weighted by atomic mass is 10.2. The zero-order valence-corrected chi connectivity index (χ0v) is 15.3. The molecule has 9 heteroatoms. The summed E-state index contributed by atoms with van der Waals surface area (Å²) in [6.45, 7) is 1.70. The third kappa shape index (κ3) is 3.08. The van der Waals surface area contributed by atoms with E-state index in [0.29, 0.717) is 5.69 Å². The Labute approximate surface area is 163 Å². The Morgan fingerprint density at radius 2 is 1.79 bits per heavy atom. The van der Waals surface area contributed by atoms with E-state index in [0.717, 1.165) is 4.57 Å². The maximum absolute atomic E-state index is 13.4. The zero-order valence-electron chi connectivity index (χ0n) is 15.3. The van der Waals surface area contributed by atoms with E-state index >= 15 is 0 Å². The highest BCUT2D eigenvalue weighted by Crippen LogP contribution is 2.19. The van der Waals surface area contributed by atoms with Crippen LogP contribution in [0.2, 0.25) is 0 Å². The molecule has 4 rings (SSSR count). The highest BCUT2D eigenvalue weighted by molar-refractivity contribution is 5.75. The highest BCUT2D eigenvalue weighted by Gasteiger charge is 2.21. The van der Waals surface area contributed by atoms with Crippen molar-refractivity contribution in [2.75, 3.05) is 0 Å². The van der Waals surface area contributed by atoms with Gasteiger partial charge in [-0.15, -0.1) is 0 Å². The van der Waals surface area contributed by atoms with Crippen molar-refractivity contribution in [3.63, 3.8) is 0 Å². The van der Waals surface area contributed by atoms with Gasteiger partial charge >= 0.3 is 5.69 Å². The lowest BCUT2D eigenvalue weighted by molar-refractivity contribution is -0.384. The molecule has 0 N–H and O–H groups in total. The Balaban J connectivity index is 2.08. The van der Waals surface area contributed by atoms with Crippen molar-refractivity contribution in [3.8, 4) is 5.69 Å². The Kier molecular flexibility index (Phi) is 4.47. The standard InChI is InChI=1S/C20H15N5O4/c1-13(17-9-2-3-10-21-17)23-19(26)16-8-5-11-22-18(16)24(20(23)27)14-6-4-7-15(12-14)25(28)29/h2-13H,1H3. The van der Waals surface area contributed by atoms with Crippen molar-refractivity contribution in [2.24, 2.45) is 0 Å². The number of pyridine rings is 2. The minimum Gasteiger partial charge on any atom is -0.268 e. The topological polar surface area (TPSA) is 113 Å². The van der Waals surface area contributed by atoms with E-state index in [4.69, 9.17) is 0 Å². The number of non-ortho nitro benzene ring substituents is 1. The maximum Gasteiger partial charge on any atom is 0.337 e. The molecule has 1 aromatic carbocycles. The van der Waals surface area contributed by atoms with Gasteiger partial charge in [0.05, 0.1) is 27.7 Å². The van der Waals surface area contributed by atoms with Crippen LogP contribution in [0.15, 0.2) is 76.6 Å². The fourth-order valence-electron chi connectivity index (χ4n) is 3.23. The lowest BCUT2D eigenvalue weighted by Gasteiger charge is -2.17. The molecule has 3 aromatic heterocycles. The van der Waals surface area contributed by atoms with E-state index in [9.17, 15) is 19.7 Å². The lowest BCUT2D eigenvalue weighted by Crippen LogP contribution is -2.42. The first kappa shape index (κ1) is 18.2. The number of nitro benzene ring substituents is 1. The number of nitro groups is 1. The van der Waals surface area contributed by atoms with Crippen LogP contribution in [0.4, 0.5) is 5.69 Å². The molecule has 0 saturated heterocycles. The maximum atomic E-state index is 13.4. The van der Waals surface area contributed by atoms with E-state index in [1.54, 1.807) is 49.5 Å². The molecule has 1 unspecified atom stereocenters. The molecule has 4 aromatic rings. The summed E-state index contributed by atoms with van der Waals surface area (Å²) in [6.07, 6.45) is 3.04.